The van der Waals surface area contributed by atoms with Crippen molar-refractivity contribution >= 4 is 12.1 Å². The van der Waals surface area contributed by atoms with Crippen LogP contribution in [0.1, 0.15) is 32.1 Å². The molecule has 4 amide bonds. The zero-order valence-electron chi connectivity index (χ0n) is 11.5. The molecule has 6 heteroatoms. The van der Waals surface area contributed by atoms with Gasteiger partial charge in [-0.2, -0.15) is 0 Å². The van der Waals surface area contributed by atoms with Gasteiger partial charge >= 0.3 is 12.1 Å². The minimum Gasteiger partial charge on any atom is -0.338 e. The van der Waals surface area contributed by atoms with Gasteiger partial charge in [0.15, 0.2) is 0 Å². The molecular formula is C13H24N4O2. The second kappa shape index (κ2) is 7.21. The molecule has 19 heavy (non-hydrogen) atoms. The average Bonchev–Trinajstić information content (AvgIpc) is 3.29. The zero-order chi connectivity index (χ0) is 13.5. The Kier molecular flexibility index (Phi) is 5.30. The number of hydrogen-bond acceptors (Lipinski definition) is 2. The van der Waals surface area contributed by atoms with Gasteiger partial charge in [0.25, 0.3) is 0 Å². The van der Waals surface area contributed by atoms with Gasteiger partial charge < -0.3 is 20.4 Å². The third-order valence-electron chi connectivity index (χ3n) is 3.37. The molecule has 0 aromatic rings. The molecule has 0 aliphatic carbocycles. The molecule has 2 N–H and O–H groups in total. The summed E-state index contributed by atoms with van der Waals surface area (Å²) in [5.41, 5.74) is 0. The molecule has 0 radical (unpaired) electrons. The lowest BCUT2D eigenvalue weighted by Gasteiger charge is -2.06. The van der Waals surface area contributed by atoms with Crippen molar-refractivity contribution in [3.63, 3.8) is 0 Å². The zero-order valence-corrected chi connectivity index (χ0v) is 11.5. The topological polar surface area (TPSA) is 64.2 Å². The molecule has 2 aliphatic heterocycles. The summed E-state index contributed by atoms with van der Waals surface area (Å²) in [6.45, 7) is 5.20. The van der Waals surface area contributed by atoms with E-state index < -0.39 is 0 Å². The monoisotopic (exact) mass is 268 g/mol. The van der Waals surface area contributed by atoms with Gasteiger partial charge in [-0.1, -0.05) is 19.3 Å². The Balaban J connectivity index is 1.30. The summed E-state index contributed by atoms with van der Waals surface area (Å²) in [6, 6.07) is 0.163. The second-order valence-corrected chi connectivity index (χ2v) is 5.21. The van der Waals surface area contributed by atoms with Gasteiger partial charge in [-0.05, 0) is 12.8 Å². The number of carbonyl (C=O) groups excluding carboxylic acids is 2. The van der Waals surface area contributed by atoms with Crippen LogP contribution in [0.5, 0.6) is 0 Å². The summed E-state index contributed by atoms with van der Waals surface area (Å²) in [7, 11) is 0. The van der Waals surface area contributed by atoms with Crippen LogP contribution in [-0.2, 0) is 0 Å². The van der Waals surface area contributed by atoms with E-state index in [1.165, 1.54) is 6.42 Å². The van der Waals surface area contributed by atoms with Gasteiger partial charge in [-0.3, -0.25) is 0 Å². The van der Waals surface area contributed by atoms with Crippen molar-refractivity contribution in [1.82, 2.24) is 20.4 Å². The number of nitrogens with one attached hydrogen (secondary N) is 2. The first-order valence-corrected chi connectivity index (χ1v) is 7.33. The minimum absolute atomic E-state index is 0.0813. The Morgan fingerprint density at radius 1 is 0.684 bits per heavy atom. The number of unbranched alkanes of at least 4 members (excludes halogenated alkanes) is 4. The minimum atomic E-state index is 0.0813. The van der Waals surface area contributed by atoms with Crippen molar-refractivity contribution in [2.45, 2.75) is 32.1 Å². The van der Waals surface area contributed by atoms with Crippen molar-refractivity contribution in [2.24, 2.45) is 0 Å². The van der Waals surface area contributed by atoms with Gasteiger partial charge in [0.1, 0.15) is 0 Å². The van der Waals surface area contributed by atoms with Crippen LogP contribution in [0.2, 0.25) is 0 Å². The number of rotatable bonds is 8. The van der Waals surface area contributed by atoms with Crippen LogP contribution < -0.4 is 10.6 Å². The standard InChI is InChI=1S/C13H24N4O2/c18-12(16-8-9-16)14-6-4-2-1-3-5-7-15-13(19)17-10-11-17/h1-11H2,(H,14,18)(H,15,19). The quantitative estimate of drug-likeness (QED) is 0.509. The molecule has 0 aromatic carbocycles. The van der Waals surface area contributed by atoms with E-state index in [1.54, 1.807) is 9.80 Å². The van der Waals surface area contributed by atoms with Crippen LogP contribution in [0.4, 0.5) is 9.59 Å². The molecule has 2 saturated heterocycles. The van der Waals surface area contributed by atoms with E-state index in [9.17, 15) is 9.59 Å². The third-order valence-corrected chi connectivity index (χ3v) is 3.37. The highest BCUT2D eigenvalue weighted by atomic mass is 16.2. The summed E-state index contributed by atoms with van der Waals surface area (Å²) in [5, 5.41) is 5.81. The van der Waals surface area contributed by atoms with Crippen molar-refractivity contribution in [2.75, 3.05) is 39.3 Å². The van der Waals surface area contributed by atoms with Crippen LogP contribution >= 0.6 is 0 Å². The maximum Gasteiger partial charge on any atom is 0.317 e. The van der Waals surface area contributed by atoms with E-state index in [0.29, 0.717) is 0 Å². The number of amides is 4. The summed E-state index contributed by atoms with van der Waals surface area (Å²) in [4.78, 5) is 26.1. The fourth-order valence-corrected chi connectivity index (χ4v) is 1.90. The van der Waals surface area contributed by atoms with Crippen molar-refractivity contribution in [3.8, 4) is 0 Å². The fraction of sp³-hybridized carbons (Fsp3) is 0.846. The average molecular weight is 268 g/mol. The van der Waals surface area contributed by atoms with Crippen molar-refractivity contribution < 1.29 is 9.59 Å². The van der Waals surface area contributed by atoms with Crippen molar-refractivity contribution in [3.05, 3.63) is 0 Å². The lowest BCUT2D eigenvalue weighted by Crippen LogP contribution is -2.29. The molecule has 0 atom stereocenters. The summed E-state index contributed by atoms with van der Waals surface area (Å²) >= 11 is 0. The second-order valence-electron chi connectivity index (χ2n) is 5.21. The molecule has 2 rings (SSSR count). The van der Waals surface area contributed by atoms with Crippen LogP contribution in [0.15, 0.2) is 0 Å². The molecule has 108 valence electrons. The highest BCUT2D eigenvalue weighted by molar-refractivity contribution is 5.76. The Bertz CT molecular complexity index is 284. The van der Waals surface area contributed by atoms with E-state index in [0.717, 1.165) is 65.0 Å². The predicted molar refractivity (Wildman–Crippen MR) is 73.0 cm³/mol. The Morgan fingerprint density at radius 2 is 1.05 bits per heavy atom. The molecule has 0 spiro atoms. The SMILES string of the molecule is O=C(NCCCCCCCNC(=O)N1CC1)N1CC1. The van der Waals surface area contributed by atoms with Gasteiger partial charge in [0.2, 0.25) is 0 Å². The maximum absolute atomic E-state index is 11.3. The summed E-state index contributed by atoms with van der Waals surface area (Å²) < 4.78 is 0. The van der Waals surface area contributed by atoms with E-state index in [-0.39, 0.29) is 12.1 Å². The molecule has 0 unspecified atom stereocenters. The molecule has 0 aromatic heterocycles. The highest BCUT2D eigenvalue weighted by Gasteiger charge is 2.23. The fourth-order valence-electron chi connectivity index (χ4n) is 1.90. The highest BCUT2D eigenvalue weighted by Crippen LogP contribution is 2.05. The van der Waals surface area contributed by atoms with E-state index in [4.69, 9.17) is 0 Å². The van der Waals surface area contributed by atoms with Crippen LogP contribution in [0.3, 0.4) is 0 Å². The molecule has 0 bridgehead atoms. The molecule has 2 aliphatic rings. The Labute approximate surface area is 114 Å². The number of nitrogens with zero attached hydrogens (tertiary/aromatic N) is 2. The molecular weight excluding hydrogens is 244 g/mol. The number of hydrogen-bond donors (Lipinski definition) is 2. The maximum atomic E-state index is 11.3. The molecule has 2 fully saturated rings. The normalized spacial score (nSPS) is 16.2. The van der Waals surface area contributed by atoms with Crippen LogP contribution in [-0.4, -0.2) is 61.1 Å². The first kappa shape index (κ1) is 14.0. The Morgan fingerprint density at radius 3 is 1.42 bits per heavy atom. The van der Waals surface area contributed by atoms with Gasteiger partial charge in [0.05, 0.1) is 0 Å². The number of urea groups is 2. The Hall–Kier alpha value is -1.46. The van der Waals surface area contributed by atoms with Gasteiger partial charge in [0, 0.05) is 39.3 Å². The van der Waals surface area contributed by atoms with Crippen LogP contribution in [0.25, 0.3) is 0 Å². The first-order chi connectivity index (χ1) is 9.27. The van der Waals surface area contributed by atoms with Gasteiger partial charge in [-0.25, -0.2) is 9.59 Å². The molecule has 2 heterocycles. The van der Waals surface area contributed by atoms with E-state index >= 15 is 0 Å². The largest absolute Gasteiger partial charge is 0.338 e. The lowest BCUT2D eigenvalue weighted by molar-refractivity contribution is 0.229. The van der Waals surface area contributed by atoms with E-state index in [1.807, 2.05) is 0 Å². The lowest BCUT2D eigenvalue weighted by atomic mass is 10.1. The predicted octanol–water partition coefficient (Wildman–Crippen LogP) is 0.987. The molecule has 0 saturated carbocycles. The number of carbonyl (C=O) groups is 2. The summed E-state index contributed by atoms with van der Waals surface area (Å²) in [6.07, 6.45) is 5.53. The van der Waals surface area contributed by atoms with Gasteiger partial charge in [-0.15, -0.1) is 0 Å². The third kappa shape index (κ3) is 5.81. The first-order valence-electron chi connectivity index (χ1n) is 7.33. The van der Waals surface area contributed by atoms with Crippen molar-refractivity contribution in [1.29, 1.82) is 0 Å². The van der Waals surface area contributed by atoms with Crippen LogP contribution in [0, 0.1) is 0 Å². The molecule has 6 nitrogen and oxygen atoms in total. The van der Waals surface area contributed by atoms with E-state index in [2.05, 4.69) is 10.6 Å². The smallest absolute Gasteiger partial charge is 0.317 e. The summed E-state index contributed by atoms with van der Waals surface area (Å²) in [5.74, 6) is 0.